The van der Waals surface area contributed by atoms with Crippen LogP contribution in [0.1, 0.15) is 18.1 Å². The Morgan fingerprint density at radius 3 is 2.80 bits per heavy atom. The average Bonchev–Trinajstić information content (AvgIpc) is 2.63. The molecule has 126 valence electrons. The zero-order valence-electron chi connectivity index (χ0n) is 14.2. The number of aryl methyl sites for hydroxylation is 1. The van der Waals surface area contributed by atoms with Crippen LogP contribution in [0.5, 0.6) is 5.75 Å². The van der Waals surface area contributed by atoms with Crippen LogP contribution in [0.3, 0.4) is 0 Å². The molecule has 4 heteroatoms. The molecule has 0 bridgehead atoms. The molecule has 0 aliphatic carbocycles. The number of carbonyl (C=O) groups is 1. The van der Waals surface area contributed by atoms with E-state index in [1.165, 1.54) is 11.6 Å². The maximum absolute atomic E-state index is 11.5. The van der Waals surface area contributed by atoms with Crippen LogP contribution in [0.25, 0.3) is 11.1 Å². The smallest absolute Gasteiger partial charge is 0.246 e. The van der Waals surface area contributed by atoms with E-state index in [4.69, 9.17) is 4.74 Å². The lowest BCUT2D eigenvalue weighted by atomic mass is 9.96. The van der Waals surface area contributed by atoms with E-state index in [1.54, 1.807) is 11.0 Å². The van der Waals surface area contributed by atoms with Gasteiger partial charge >= 0.3 is 0 Å². The largest absolute Gasteiger partial charge is 0.487 e. The quantitative estimate of drug-likeness (QED) is 0.787. The van der Waals surface area contributed by atoms with Crippen molar-refractivity contribution < 1.29 is 9.53 Å². The predicted octanol–water partition coefficient (Wildman–Crippen LogP) is 3.56. The second kappa shape index (κ2) is 7.23. The molecule has 0 atom stereocenters. The highest BCUT2D eigenvalue weighted by Gasteiger charge is 2.31. The van der Waals surface area contributed by atoms with Gasteiger partial charge in [0.05, 0.1) is 24.7 Å². The molecule has 0 saturated carbocycles. The summed E-state index contributed by atoms with van der Waals surface area (Å²) in [5, 5.41) is 9.34. The number of ether oxygens (including phenoxy) is 1. The minimum Gasteiger partial charge on any atom is -0.487 e. The Morgan fingerprint density at radius 2 is 2.12 bits per heavy atom. The fourth-order valence-electron chi connectivity index (χ4n) is 3.01. The van der Waals surface area contributed by atoms with E-state index in [0.717, 1.165) is 17.5 Å². The van der Waals surface area contributed by atoms with Crippen LogP contribution in [0.2, 0.25) is 0 Å². The summed E-state index contributed by atoms with van der Waals surface area (Å²) in [5.74, 6) is 0.582. The molecular formula is C21H20N2O2. The molecule has 1 saturated heterocycles. The molecular weight excluding hydrogens is 312 g/mol. The normalized spacial score (nSPS) is 13.7. The molecule has 0 aromatic heterocycles. The topological polar surface area (TPSA) is 53.3 Å². The van der Waals surface area contributed by atoms with Gasteiger partial charge in [-0.3, -0.25) is 4.79 Å². The van der Waals surface area contributed by atoms with Crippen LogP contribution in [-0.4, -0.2) is 30.0 Å². The highest BCUT2D eigenvalue weighted by molar-refractivity contribution is 5.87. The molecule has 2 aromatic rings. The van der Waals surface area contributed by atoms with Crippen molar-refractivity contribution in [1.29, 1.82) is 5.26 Å². The maximum atomic E-state index is 11.5. The molecule has 25 heavy (non-hydrogen) atoms. The number of nitrogens with zero attached hydrogens (tertiary/aromatic N) is 2. The number of hydrogen-bond acceptors (Lipinski definition) is 3. The van der Waals surface area contributed by atoms with E-state index in [-0.39, 0.29) is 12.0 Å². The van der Waals surface area contributed by atoms with Crippen molar-refractivity contribution in [3.8, 4) is 22.9 Å². The standard InChI is InChI=1S/C21H20N2O2/c1-3-16-7-5-6-8-20(16)17-9-15(12-22)10-18(11-17)25-19-13-23(14-19)21(24)4-2/h4-11,19H,2-3,13-14H2,1H3. The Bertz CT molecular complexity index is 845. The third-order valence-electron chi connectivity index (χ3n) is 4.38. The van der Waals surface area contributed by atoms with Crippen LogP contribution >= 0.6 is 0 Å². The Kier molecular flexibility index (Phi) is 4.85. The number of amides is 1. The van der Waals surface area contributed by atoms with Crippen molar-refractivity contribution in [1.82, 2.24) is 4.90 Å². The van der Waals surface area contributed by atoms with Crippen LogP contribution in [-0.2, 0) is 11.2 Å². The van der Waals surface area contributed by atoms with Crippen LogP contribution in [0.15, 0.2) is 55.1 Å². The summed E-state index contributed by atoms with van der Waals surface area (Å²) in [4.78, 5) is 13.2. The van der Waals surface area contributed by atoms with Crippen molar-refractivity contribution in [2.24, 2.45) is 0 Å². The average molecular weight is 332 g/mol. The summed E-state index contributed by atoms with van der Waals surface area (Å²) in [6, 6.07) is 16.0. The van der Waals surface area contributed by atoms with Crippen molar-refractivity contribution in [3.63, 3.8) is 0 Å². The van der Waals surface area contributed by atoms with Gasteiger partial charge in [-0.1, -0.05) is 37.8 Å². The number of hydrogen-bond donors (Lipinski definition) is 0. The van der Waals surface area contributed by atoms with Crippen molar-refractivity contribution >= 4 is 5.91 Å². The van der Waals surface area contributed by atoms with Gasteiger partial charge in [0.15, 0.2) is 0 Å². The lowest BCUT2D eigenvalue weighted by molar-refractivity contribution is -0.134. The first-order valence-corrected chi connectivity index (χ1v) is 8.36. The van der Waals surface area contributed by atoms with Gasteiger partial charge in [-0.2, -0.15) is 5.26 Å². The van der Waals surface area contributed by atoms with Crippen molar-refractivity contribution in [2.45, 2.75) is 19.4 Å². The Morgan fingerprint density at radius 1 is 1.36 bits per heavy atom. The first kappa shape index (κ1) is 16.8. The summed E-state index contributed by atoms with van der Waals surface area (Å²) in [7, 11) is 0. The molecule has 1 heterocycles. The Labute approximate surface area is 148 Å². The summed E-state index contributed by atoms with van der Waals surface area (Å²) in [6.45, 7) is 6.69. The summed E-state index contributed by atoms with van der Waals surface area (Å²) >= 11 is 0. The Hall–Kier alpha value is -3.06. The maximum Gasteiger partial charge on any atom is 0.246 e. The zero-order chi connectivity index (χ0) is 17.8. The second-order valence-electron chi connectivity index (χ2n) is 6.06. The molecule has 0 radical (unpaired) electrons. The highest BCUT2D eigenvalue weighted by atomic mass is 16.5. The summed E-state index contributed by atoms with van der Waals surface area (Å²) < 4.78 is 5.97. The van der Waals surface area contributed by atoms with Crippen LogP contribution in [0.4, 0.5) is 0 Å². The lowest BCUT2D eigenvalue weighted by Gasteiger charge is -2.38. The minimum absolute atomic E-state index is 0.0490. The molecule has 2 aromatic carbocycles. The number of benzene rings is 2. The van der Waals surface area contributed by atoms with Gasteiger partial charge in [-0.05, 0) is 47.4 Å². The number of rotatable bonds is 5. The fourth-order valence-corrected chi connectivity index (χ4v) is 3.01. The first-order chi connectivity index (χ1) is 12.1. The number of likely N-dealkylation sites (tertiary alicyclic amines) is 1. The SMILES string of the molecule is C=CC(=O)N1CC(Oc2cc(C#N)cc(-c3ccccc3CC)c2)C1. The van der Waals surface area contributed by atoms with E-state index in [9.17, 15) is 10.1 Å². The number of nitriles is 1. The third kappa shape index (κ3) is 3.56. The molecule has 0 spiro atoms. The van der Waals surface area contributed by atoms with Gasteiger partial charge in [0, 0.05) is 0 Å². The van der Waals surface area contributed by atoms with E-state index >= 15 is 0 Å². The molecule has 1 aliphatic rings. The first-order valence-electron chi connectivity index (χ1n) is 8.36. The molecule has 3 rings (SSSR count). The predicted molar refractivity (Wildman–Crippen MR) is 97.2 cm³/mol. The zero-order valence-corrected chi connectivity index (χ0v) is 14.2. The van der Waals surface area contributed by atoms with Crippen molar-refractivity contribution in [3.05, 3.63) is 66.2 Å². The van der Waals surface area contributed by atoms with Gasteiger partial charge in [0.1, 0.15) is 11.9 Å². The second-order valence-corrected chi connectivity index (χ2v) is 6.06. The monoisotopic (exact) mass is 332 g/mol. The number of carbonyl (C=O) groups excluding carboxylic acids is 1. The van der Waals surface area contributed by atoms with Gasteiger partial charge < -0.3 is 9.64 Å². The minimum atomic E-state index is -0.0804. The van der Waals surface area contributed by atoms with Gasteiger partial charge in [0.2, 0.25) is 5.91 Å². The lowest BCUT2D eigenvalue weighted by Crippen LogP contribution is -2.55. The summed E-state index contributed by atoms with van der Waals surface area (Å²) in [6.07, 6.45) is 2.18. The van der Waals surface area contributed by atoms with Gasteiger partial charge in [-0.15, -0.1) is 0 Å². The van der Waals surface area contributed by atoms with Crippen LogP contribution in [0, 0.1) is 11.3 Å². The third-order valence-corrected chi connectivity index (χ3v) is 4.38. The summed E-state index contributed by atoms with van der Waals surface area (Å²) in [5.41, 5.74) is 3.89. The van der Waals surface area contributed by atoms with Gasteiger partial charge in [0.25, 0.3) is 0 Å². The molecule has 1 amide bonds. The van der Waals surface area contributed by atoms with E-state index in [2.05, 4.69) is 31.7 Å². The van der Waals surface area contributed by atoms with Crippen molar-refractivity contribution in [2.75, 3.05) is 13.1 Å². The molecule has 1 fully saturated rings. The van der Waals surface area contributed by atoms with Crippen LogP contribution < -0.4 is 4.74 Å². The fraction of sp³-hybridized carbons (Fsp3) is 0.238. The van der Waals surface area contributed by atoms with E-state index in [0.29, 0.717) is 24.4 Å². The molecule has 4 nitrogen and oxygen atoms in total. The Balaban J connectivity index is 1.83. The van der Waals surface area contributed by atoms with E-state index in [1.807, 2.05) is 24.3 Å². The molecule has 0 unspecified atom stereocenters. The van der Waals surface area contributed by atoms with E-state index < -0.39 is 0 Å². The van der Waals surface area contributed by atoms with Gasteiger partial charge in [-0.25, -0.2) is 0 Å². The molecule has 0 N–H and O–H groups in total. The molecule has 1 aliphatic heterocycles. The highest BCUT2D eigenvalue weighted by Crippen LogP contribution is 2.30.